The van der Waals surface area contributed by atoms with Gasteiger partial charge in [0, 0.05) is 12.5 Å². The first kappa shape index (κ1) is 14.7. The van der Waals surface area contributed by atoms with Gasteiger partial charge in [-0.1, -0.05) is 24.6 Å². The maximum atomic E-state index is 13.9. The van der Waals surface area contributed by atoms with Gasteiger partial charge in [0.2, 0.25) is 0 Å². The highest BCUT2D eigenvalue weighted by atomic mass is 35.5. The molecule has 3 nitrogen and oxygen atoms in total. The molecule has 1 heterocycles. The van der Waals surface area contributed by atoms with Gasteiger partial charge in [-0.05, 0) is 25.0 Å². The lowest BCUT2D eigenvalue weighted by molar-refractivity contribution is 0.584. The van der Waals surface area contributed by atoms with Gasteiger partial charge < -0.3 is 5.32 Å². The van der Waals surface area contributed by atoms with Crippen LogP contribution in [0.3, 0.4) is 0 Å². The number of nitrogens with one attached hydrogen (secondary N) is 1. The first-order valence-electron chi connectivity index (χ1n) is 6.26. The van der Waals surface area contributed by atoms with E-state index in [-0.39, 0.29) is 16.7 Å². The molecule has 0 radical (unpaired) electrons. The van der Waals surface area contributed by atoms with E-state index in [4.69, 9.17) is 11.6 Å². The van der Waals surface area contributed by atoms with Crippen LogP contribution in [0.1, 0.15) is 24.7 Å². The van der Waals surface area contributed by atoms with E-state index in [1.807, 2.05) is 6.92 Å². The number of nitrogens with zero attached hydrogens (tertiary/aromatic N) is 2. The van der Waals surface area contributed by atoms with Gasteiger partial charge in [0.1, 0.15) is 28.3 Å². The molecule has 0 amide bonds. The molecule has 20 heavy (non-hydrogen) atoms. The summed E-state index contributed by atoms with van der Waals surface area (Å²) in [4.78, 5) is 8.24. The normalized spacial score (nSPS) is 10.7. The Hall–Kier alpha value is -1.75. The topological polar surface area (TPSA) is 37.8 Å². The van der Waals surface area contributed by atoms with Crippen LogP contribution < -0.4 is 5.32 Å². The Morgan fingerprint density at radius 2 is 2.00 bits per heavy atom. The van der Waals surface area contributed by atoms with Crippen LogP contribution in [0.15, 0.2) is 18.2 Å². The summed E-state index contributed by atoms with van der Waals surface area (Å²) in [5.74, 6) is -0.510. The predicted molar refractivity (Wildman–Crippen MR) is 75.4 cm³/mol. The average molecular weight is 298 g/mol. The molecule has 2 aromatic rings. The van der Waals surface area contributed by atoms with Crippen molar-refractivity contribution in [3.05, 3.63) is 46.4 Å². The molecule has 0 spiro atoms. The maximum absolute atomic E-state index is 13.9. The van der Waals surface area contributed by atoms with Crippen molar-refractivity contribution in [3.63, 3.8) is 0 Å². The van der Waals surface area contributed by atoms with E-state index >= 15 is 0 Å². The summed E-state index contributed by atoms with van der Waals surface area (Å²) < 4.78 is 27.6. The molecule has 0 bridgehead atoms. The molecule has 0 aliphatic rings. The van der Waals surface area contributed by atoms with Crippen LogP contribution in [-0.4, -0.2) is 9.97 Å². The highest BCUT2D eigenvalue weighted by Gasteiger charge is 2.13. The highest BCUT2D eigenvalue weighted by Crippen LogP contribution is 2.25. The third kappa shape index (κ3) is 3.22. The molecule has 0 atom stereocenters. The van der Waals surface area contributed by atoms with Gasteiger partial charge in [0.25, 0.3) is 0 Å². The second-order valence-electron chi connectivity index (χ2n) is 4.42. The lowest BCUT2D eigenvalue weighted by atomic mass is 10.2. The Morgan fingerprint density at radius 3 is 2.70 bits per heavy atom. The molecule has 0 unspecified atom stereocenters. The monoisotopic (exact) mass is 297 g/mol. The minimum absolute atomic E-state index is 0.234. The smallest absolute Gasteiger partial charge is 0.152 e. The number of hydrogen-bond donors (Lipinski definition) is 1. The standard InChI is InChI=1S/C14H14ClF2N3/c1-3-4-11-18-10(15)7-12(19-11)20-14-9(16)6-5-8(2)13(14)17/h5-7H,3-4H2,1-2H3,(H,18,19,20). The van der Waals surface area contributed by atoms with Crippen molar-refractivity contribution < 1.29 is 8.78 Å². The van der Waals surface area contributed by atoms with Crippen LogP contribution in [0.5, 0.6) is 0 Å². The fraction of sp³-hybridized carbons (Fsp3) is 0.286. The maximum Gasteiger partial charge on any atom is 0.152 e. The van der Waals surface area contributed by atoms with E-state index in [9.17, 15) is 8.78 Å². The number of hydrogen-bond acceptors (Lipinski definition) is 3. The van der Waals surface area contributed by atoms with Gasteiger partial charge in [0.05, 0.1) is 0 Å². The molecular weight excluding hydrogens is 284 g/mol. The summed E-state index contributed by atoms with van der Waals surface area (Å²) in [6.45, 7) is 3.55. The Kier molecular flexibility index (Phi) is 4.49. The molecule has 106 valence electrons. The Bertz CT molecular complexity index is 632. The molecule has 0 aliphatic carbocycles. The Morgan fingerprint density at radius 1 is 1.25 bits per heavy atom. The summed E-state index contributed by atoms with van der Waals surface area (Å²) in [7, 11) is 0. The van der Waals surface area contributed by atoms with E-state index in [0.29, 0.717) is 17.8 Å². The molecular formula is C14H14ClF2N3. The molecule has 0 fully saturated rings. The van der Waals surface area contributed by atoms with Crippen LogP contribution in [0.25, 0.3) is 0 Å². The van der Waals surface area contributed by atoms with Crippen LogP contribution in [0, 0.1) is 18.6 Å². The summed E-state index contributed by atoms with van der Waals surface area (Å²) in [5, 5.41) is 2.87. The zero-order valence-electron chi connectivity index (χ0n) is 11.2. The SMILES string of the molecule is CCCc1nc(Cl)cc(Nc2c(F)ccc(C)c2F)n1. The fourth-order valence-corrected chi connectivity index (χ4v) is 1.96. The minimum Gasteiger partial charge on any atom is -0.335 e. The third-order valence-corrected chi connectivity index (χ3v) is 2.95. The molecule has 1 N–H and O–H groups in total. The molecule has 0 aliphatic heterocycles. The van der Waals surface area contributed by atoms with Gasteiger partial charge in [-0.25, -0.2) is 18.7 Å². The van der Waals surface area contributed by atoms with Crippen molar-refractivity contribution in [1.82, 2.24) is 9.97 Å². The van der Waals surface area contributed by atoms with E-state index in [1.165, 1.54) is 18.2 Å². The van der Waals surface area contributed by atoms with Crippen molar-refractivity contribution in [2.75, 3.05) is 5.32 Å². The van der Waals surface area contributed by atoms with E-state index in [2.05, 4.69) is 15.3 Å². The molecule has 0 saturated heterocycles. The Balaban J connectivity index is 2.37. The van der Waals surface area contributed by atoms with Gasteiger partial charge in [-0.15, -0.1) is 0 Å². The van der Waals surface area contributed by atoms with E-state index in [1.54, 1.807) is 6.92 Å². The van der Waals surface area contributed by atoms with Crippen molar-refractivity contribution in [3.8, 4) is 0 Å². The second-order valence-corrected chi connectivity index (χ2v) is 4.81. The third-order valence-electron chi connectivity index (χ3n) is 2.75. The highest BCUT2D eigenvalue weighted by molar-refractivity contribution is 6.29. The fourth-order valence-electron chi connectivity index (χ4n) is 1.76. The minimum atomic E-state index is -0.681. The lowest BCUT2D eigenvalue weighted by Crippen LogP contribution is -2.04. The van der Waals surface area contributed by atoms with Crippen LogP contribution in [-0.2, 0) is 6.42 Å². The summed E-state index contributed by atoms with van der Waals surface area (Å²) in [5.41, 5.74) is 0.116. The van der Waals surface area contributed by atoms with Crippen LogP contribution >= 0.6 is 11.6 Å². The van der Waals surface area contributed by atoms with Crippen LogP contribution in [0.4, 0.5) is 20.3 Å². The summed E-state index contributed by atoms with van der Waals surface area (Å²) >= 11 is 5.88. The molecule has 1 aromatic carbocycles. The number of anilines is 2. The van der Waals surface area contributed by atoms with Crippen molar-refractivity contribution in [2.24, 2.45) is 0 Å². The average Bonchev–Trinajstić information content (AvgIpc) is 2.39. The Labute approximate surface area is 121 Å². The van der Waals surface area contributed by atoms with E-state index < -0.39 is 11.6 Å². The van der Waals surface area contributed by atoms with Crippen molar-refractivity contribution >= 4 is 23.1 Å². The first-order chi connectivity index (χ1) is 9.51. The lowest BCUT2D eigenvalue weighted by Gasteiger charge is -2.10. The molecule has 0 saturated carbocycles. The largest absolute Gasteiger partial charge is 0.335 e. The quantitative estimate of drug-likeness (QED) is 0.849. The molecule has 6 heteroatoms. The predicted octanol–water partition coefficient (Wildman–Crippen LogP) is 4.41. The number of aromatic nitrogens is 2. The van der Waals surface area contributed by atoms with Crippen molar-refractivity contribution in [2.45, 2.75) is 26.7 Å². The van der Waals surface area contributed by atoms with Gasteiger partial charge >= 0.3 is 0 Å². The zero-order chi connectivity index (χ0) is 14.7. The van der Waals surface area contributed by atoms with Crippen LogP contribution in [0.2, 0.25) is 5.15 Å². The number of benzene rings is 1. The number of aryl methyl sites for hydroxylation is 2. The second kappa shape index (κ2) is 6.13. The first-order valence-corrected chi connectivity index (χ1v) is 6.64. The zero-order valence-corrected chi connectivity index (χ0v) is 11.9. The van der Waals surface area contributed by atoms with Gasteiger partial charge in [-0.3, -0.25) is 0 Å². The molecule has 1 aromatic heterocycles. The van der Waals surface area contributed by atoms with E-state index in [0.717, 1.165) is 6.42 Å². The van der Waals surface area contributed by atoms with Crippen molar-refractivity contribution in [1.29, 1.82) is 0 Å². The van der Waals surface area contributed by atoms with Gasteiger partial charge in [-0.2, -0.15) is 0 Å². The summed E-state index contributed by atoms with van der Waals surface area (Å²) in [6, 6.07) is 4.02. The number of rotatable bonds is 4. The summed E-state index contributed by atoms with van der Waals surface area (Å²) in [6.07, 6.45) is 1.50. The van der Waals surface area contributed by atoms with Gasteiger partial charge in [0.15, 0.2) is 5.82 Å². The number of halogens is 3. The molecule has 2 rings (SSSR count).